The van der Waals surface area contributed by atoms with E-state index in [4.69, 9.17) is 16.3 Å². The highest BCUT2D eigenvalue weighted by atomic mass is 32.9. The minimum Gasteiger partial charge on any atom is -0.327 e. The Balaban J connectivity index is 4.24. The lowest BCUT2D eigenvalue weighted by molar-refractivity contribution is -0.113. The van der Waals surface area contributed by atoms with Crippen molar-refractivity contribution in [2.75, 3.05) is 19.4 Å². The van der Waals surface area contributed by atoms with E-state index in [2.05, 4.69) is 6.92 Å². The fourth-order valence-corrected chi connectivity index (χ4v) is 5.68. The molecule has 1 unspecified atom stereocenters. The largest absolute Gasteiger partial charge is 0.327 e. The van der Waals surface area contributed by atoms with Gasteiger partial charge in [-0.25, -0.2) is 0 Å². The molecule has 0 fully saturated rings. The maximum absolute atomic E-state index is 10.7. The zero-order chi connectivity index (χ0) is 11.0. The van der Waals surface area contributed by atoms with Crippen LogP contribution in [0.2, 0.25) is 0 Å². The fourth-order valence-electron chi connectivity index (χ4n) is 0.765. The number of hydrogen-bond acceptors (Lipinski definition) is 4. The van der Waals surface area contributed by atoms with E-state index in [9.17, 15) is 4.79 Å². The van der Waals surface area contributed by atoms with Crippen LogP contribution in [-0.4, -0.2) is 30.5 Å². The number of unbranched alkanes of at least 4 members (excludes halogenated alkanes) is 1. The molecule has 6 heteroatoms. The van der Waals surface area contributed by atoms with Crippen LogP contribution in [0.15, 0.2) is 0 Å². The Labute approximate surface area is 95.5 Å². The molecule has 0 aliphatic rings. The number of amides is 1. The first-order valence-electron chi connectivity index (χ1n) is 4.68. The Morgan fingerprint density at radius 3 is 2.64 bits per heavy atom. The molecule has 14 heavy (non-hydrogen) atoms. The quantitative estimate of drug-likeness (QED) is 0.379. The van der Waals surface area contributed by atoms with Crippen LogP contribution in [0.25, 0.3) is 0 Å². The van der Waals surface area contributed by atoms with Crippen molar-refractivity contribution in [2.45, 2.75) is 26.7 Å². The molecule has 0 radical (unpaired) electrons. The molecular weight excluding hydrogens is 237 g/mol. The Hall–Kier alpha value is 0.430. The van der Waals surface area contributed by atoms with E-state index in [1.54, 1.807) is 18.4 Å². The van der Waals surface area contributed by atoms with E-state index >= 15 is 0 Å². The maximum atomic E-state index is 10.7. The molecule has 3 nitrogen and oxygen atoms in total. The lowest BCUT2D eigenvalue weighted by atomic mass is 10.4. The van der Waals surface area contributed by atoms with Crippen molar-refractivity contribution in [3.8, 4) is 0 Å². The van der Waals surface area contributed by atoms with Gasteiger partial charge in [0.05, 0.1) is 6.61 Å². The molecule has 0 heterocycles. The van der Waals surface area contributed by atoms with Crippen LogP contribution >= 0.6 is 17.0 Å². The summed E-state index contributed by atoms with van der Waals surface area (Å²) in [7, 11) is 1.70. The number of carbonyl (C=O) groups is 1. The van der Waals surface area contributed by atoms with Gasteiger partial charge in [0.2, 0.25) is 12.0 Å². The summed E-state index contributed by atoms with van der Waals surface area (Å²) in [4.78, 5) is 10.7. The van der Waals surface area contributed by atoms with Crippen molar-refractivity contribution in [3.05, 3.63) is 0 Å². The average Bonchev–Trinajstić information content (AvgIpc) is 2.17. The minimum atomic E-state index is -2.12. The Morgan fingerprint density at radius 1 is 1.57 bits per heavy atom. The molecule has 0 N–H and O–H groups in total. The van der Waals surface area contributed by atoms with E-state index < -0.39 is 5.62 Å². The summed E-state index contributed by atoms with van der Waals surface area (Å²) in [6.07, 6.45) is 3.01. The molecule has 0 aliphatic heterocycles. The van der Waals surface area contributed by atoms with Crippen LogP contribution in [0.5, 0.6) is 0 Å². The van der Waals surface area contributed by atoms with Gasteiger partial charge in [0, 0.05) is 12.8 Å². The summed E-state index contributed by atoms with van der Waals surface area (Å²) in [5.41, 5.74) is -2.12. The van der Waals surface area contributed by atoms with Gasteiger partial charge in [-0.1, -0.05) is 24.7 Å². The van der Waals surface area contributed by atoms with Gasteiger partial charge in [0.15, 0.2) is 0 Å². The highest BCUT2D eigenvalue weighted by Gasteiger charge is 2.22. The summed E-state index contributed by atoms with van der Waals surface area (Å²) < 4.78 is 7.02. The molecule has 0 saturated heterocycles. The third-order valence-corrected chi connectivity index (χ3v) is 8.49. The summed E-state index contributed by atoms with van der Waals surface area (Å²) in [5.74, 6) is 0.964. The Morgan fingerprint density at radius 2 is 2.21 bits per heavy atom. The molecule has 0 rings (SSSR count). The lowest BCUT2D eigenvalue weighted by Crippen LogP contribution is -2.12. The first kappa shape index (κ1) is 14.4. The van der Waals surface area contributed by atoms with E-state index in [0.29, 0.717) is 6.61 Å². The molecular formula is C8H18NO2PS2. The van der Waals surface area contributed by atoms with Gasteiger partial charge in [-0.3, -0.25) is 9.46 Å². The van der Waals surface area contributed by atoms with Crippen molar-refractivity contribution in [1.29, 1.82) is 0 Å². The van der Waals surface area contributed by atoms with Crippen LogP contribution < -0.4 is 0 Å². The van der Waals surface area contributed by atoms with Gasteiger partial charge < -0.3 is 4.52 Å². The first-order chi connectivity index (χ1) is 6.60. The smallest absolute Gasteiger partial charge is 0.215 e. The second-order valence-corrected chi connectivity index (χ2v) is 9.68. The second-order valence-electron chi connectivity index (χ2n) is 2.75. The van der Waals surface area contributed by atoms with Gasteiger partial charge in [-0.05, 0) is 25.2 Å². The second kappa shape index (κ2) is 7.69. The van der Waals surface area contributed by atoms with Crippen LogP contribution in [0, 0.1) is 0 Å². The molecule has 0 spiro atoms. The zero-order valence-electron chi connectivity index (χ0n) is 8.93. The maximum Gasteiger partial charge on any atom is 0.215 e. The predicted octanol–water partition coefficient (Wildman–Crippen LogP) is 2.87. The highest BCUT2D eigenvalue weighted by Crippen LogP contribution is 2.61. The number of rotatable bonds is 8. The third-order valence-electron chi connectivity index (χ3n) is 1.58. The average molecular weight is 255 g/mol. The SMILES string of the molecule is CCCCSP(=S)(OCC)N(C)C=O. The highest BCUT2D eigenvalue weighted by molar-refractivity contribution is 8.68. The molecule has 1 atom stereocenters. The number of carbonyl (C=O) groups excluding carboxylic acids is 1. The van der Waals surface area contributed by atoms with E-state index in [1.807, 2.05) is 6.92 Å². The first-order valence-corrected chi connectivity index (χ1v) is 8.94. The normalized spacial score (nSPS) is 14.8. The van der Waals surface area contributed by atoms with E-state index in [1.165, 1.54) is 4.67 Å². The van der Waals surface area contributed by atoms with Gasteiger partial charge in [-0.15, -0.1) is 0 Å². The van der Waals surface area contributed by atoms with Crippen molar-refractivity contribution >= 4 is 35.2 Å². The lowest BCUT2D eigenvalue weighted by Gasteiger charge is -2.27. The number of nitrogens with zero attached hydrogens (tertiary/aromatic N) is 1. The van der Waals surface area contributed by atoms with Gasteiger partial charge in [0.1, 0.15) is 0 Å². The van der Waals surface area contributed by atoms with Gasteiger partial charge in [0.25, 0.3) is 0 Å². The molecule has 0 bridgehead atoms. The molecule has 0 aromatic carbocycles. The molecule has 0 saturated carbocycles. The summed E-state index contributed by atoms with van der Waals surface area (Å²) in [6.45, 7) is 4.60. The molecule has 84 valence electrons. The zero-order valence-corrected chi connectivity index (χ0v) is 11.5. The summed E-state index contributed by atoms with van der Waals surface area (Å²) in [5, 5.41) is 0. The molecule has 1 amide bonds. The topological polar surface area (TPSA) is 29.5 Å². The molecule has 0 aromatic heterocycles. The standard InChI is InChI=1S/C8H18NO2PS2/c1-4-6-7-14-12(13,11-5-2)9(3)8-10/h8H,4-7H2,1-3H3. The Kier molecular flexibility index (Phi) is 7.92. The minimum absolute atomic E-state index is 0.564. The summed E-state index contributed by atoms with van der Waals surface area (Å²) in [6, 6.07) is 0. The van der Waals surface area contributed by atoms with Crippen LogP contribution in [0.3, 0.4) is 0 Å². The Bertz CT molecular complexity index is 214. The van der Waals surface area contributed by atoms with Crippen LogP contribution in [-0.2, 0) is 21.1 Å². The van der Waals surface area contributed by atoms with Crippen molar-refractivity contribution in [1.82, 2.24) is 4.67 Å². The van der Waals surface area contributed by atoms with Crippen molar-refractivity contribution in [2.24, 2.45) is 0 Å². The van der Waals surface area contributed by atoms with Gasteiger partial charge >= 0.3 is 0 Å². The fraction of sp³-hybridized carbons (Fsp3) is 0.875. The molecule has 0 aromatic rings. The van der Waals surface area contributed by atoms with Gasteiger partial charge in [-0.2, -0.15) is 0 Å². The predicted molar refractivity (Wildman–Crippen MR) is 67.1 cm³/mol. The van der Waals surface area contributed by atoms with E-state index in [-0.39, 0.29) is 0 Å². The van der Waals surface area contributed by atoms with Crippen molar-refractivity contribution < 1.29 is 9.32 Å². The summed E-state index contributed by atoms with van der Waals surface area (Å²) >= 11 is 6.99. The van der Waals surface area contributed by atoms with E-state index in [0.717, 1.165) is 25.0 Å². The monoisotopic (exact) mass is 255 g/mol. The number of hydrogen-bond donors (Lipinski definition) is 0. The molecule has 0 aliphatic carbocycles. The third kappa shape index (κ3) is 4.78. The van der Waals surface area contributed by atoms with Crippen molar-refractivity contribution in [3.63, 3.8) is 0 Å². The van der Waals surface area contributed by atoms with Crippen LogP contribution in [0.1, 0.15) is 26.7 Å². The van der Waals surface area contributed by atoms with Crippen LogP contribution in [0.4, 0.5) is 0 Å².